The number of nitrogens with one attached hydrogen (secondary N) is 1. The molecule has 4 heteroatoms. The fourth-order valence-electron chi connectivity index (χ4n) is 1.80. The van der Waals surface area contributed by atoms with Gasteiger partial charge in [-0.1, -0.05) is 46.3 Å². The number of carbonyl (C=O) groups excluding carboxylic acids is 1. The summed E-state index contributed by atoms with van der Waals surface area (Å²) in [7, 11) is 0. The van der Waals surface area contributed by atoms with Crippen molar-refractivity contribution < 1.29 is 9.53 Å². The average Bonchev–Trinajstić information content (AvgIpc) is 2.49. The van der Waals surface area contributed by atoms with Crippen LogP contribution in [0.5, 0.6) is 0 Å². The quantitative estimate of drug-likeness (QED) is 0.638. The van der Waals surface area contributed by atoms with Crippen LogP contribution in [0.15, 0.2) is 59.1 Å². The second kappa shape index (κ2) is 7.22. The number of ketones is 1. The van der Waals surface area contributed by atoms with Gasteiger partial charge in [0.2, 0.25) is 5.78 Å². The molecule has 2 aromatic rings. The molecule has 0 aromatic heterocycles. The van der Waals surface area contributed by atoms with Crippen LogP contribution in [0.1, 0.15) is 17.3 Å². The van der Waals surface area contributed by atoms with E-state index in [1.807, 2.05) is 49.4 Å². The van der Waals surface area contributed by atoms with Crippen LogP contribution in [0, 0.1) is 0 Å². The smallest absolute Gasteiger partial charge is 0.212 e. The average molecular weight is 334 g/mol. The Morgan fingerprint density at radius 3 is 2.40 bits per heavy atom. The van der Waals surface area contributed by atoms with Gasteiger partial charge in [-0.15, -0.1) is 0 Å². The molecule has 1 N–H and O–H groups in total. The summed E-state index contributed by atoms with van der Waals surface area (Å²) >= 11 is 3.38. The van der Waals surface area contributed by atoms with E-state index >= 15 is 0 Å². The van der Waals surface area contributed by atoms with E-state index in [1.54, 1.807) is 12.1 Å². The predicted molar refractivity (Wildman–Crippen MR) is 84.0 cm³/mol. The van der Waals surface area contributed by atoms with Crippen molar-refractivity contribution in [1.29, 1.82) is 0 Å². The highest BCUT2D eigenvalue weighted by Crippen LogP contribution is 2.16. The summed E-state index contributed by atoms with van der Waals surface area (Å²) in [6.07, 6.45) is -0.677. The molecule has 2 aromatic carbocycles. The van der Waals surface area contributed by atoms with Crippen LogP contribution in [0.4, 0.5) is 5.69 Å². The van der Waals surface area contributed by atoms with E-state index in [4.69, 9.17) is 4.74 Å². The zero-order chi connectivity index (χ0) is 14.4. The molecule has 0 spiro atoms. The highest BCUT2D eigenvalue weighted by atomic mass is 79.9. The number of anilines is 1. The fourth-order valence-corrected chi connectivity index (χ4v) is 2.07. The van der Waals surface area contributed by atoms with Gasteiger partial charge in [-0.3, -0.25) is 4.79 Å². The maximum Gasteiger partial charge on any atom is 0.212 e. The summed E-state index contributed by atoms with van der Waals surface area (Å²) in [4.78, 5) is 12.4. The van der Waals surface area contributed by atoms with E-state index in [-0.39, 0.29) is 5.78 Å². The van der Waals surface area contributed by atoms with Crippen molar-refractivity contribution in [3.63, 3.8) is 0 Å². The lowest BCUT2D eigenvalue weighted by molar-refractivity contribution is 0.0549. The van der Waals surface area contributed by atoms with E-state index < -0.39 is 6.23 Å². The minimum Gasteiger partial charge on any atom is -0.354 e. The molecule has 0 aliphatic rings. The van der Waals surface area contributed by atoms with Crippen LogP contribution in [0.25, 0.3) is 0 Å². The van der Waals surface area contributed by atoms with Gasteiger partial charge in [-0.2, -0.15) is 0 Å². The van der Waals surface area contributed by atoms with E-state index in [0.29, 0.717) is 12.2 Å². The lowest BCUT2D eigenvalue weighted by Crippen LogP contribution is -2.32. The molecule has 0 saturated heterocycles. The fraction of sp³-hybridized carbons (Fsp3) is 0.188. The van der Waals surface area contributed by atoms with E-state index in [0.717, 1.165) is 10.2 Å². The van der Waals surface area contributed by atoms with Crippen LogP contribution in [-0.4, -0.2) is 18.6 Å². The van der Waals surface area contributed by atoms with Gasteiger partial charge in [0.15, 0.2) is 6.23 Å². The van der Waals surface area contributed by atoms with Crippen LogP contribution < -0.4 is 5.32 Å². The molecule has 3 nitrogen and oxygen atoms in total. The molecular weight excluding hydrogens is 318 g/mol. The molecular formula is C16H16BrNO2. The Balaban J connectivity index is 2.14. The number of ether oxygens (including phenoxy) is 1. The number of hydrogen-bond acceptors (Lipinski definition) is 3. The van der Waals surface area contributed by atoms with Crippen LogP contribution in [0.2, 0.25) is 0 Å². The van der Waals surface area contributed by atoms with E-state index in [1.165, 1.54) is 0 Å². The molecule has 0 bridgehead atoms. The van der Waals surface area contributed by atoms with Crippen molar-refractivity contribution in [3.8, 4) is 0 Å². The first kappa shape index (κ1) is 14.8. The van der Waals surface area contributed by atoms with Crippen molar-refractivity contribution in [2.75, 3.05) is 11.9 Å². The Hall–Kier alpha value is -1.65. The highest BCUT2D eigenvalue weighted by molar-refractivity contribution is 9.10. The number of benzene rings is 2. The highest BCUT2D eigenvalue weighted by Gasteiger charge is 2.19. The largest absolute Gasteiger partial charge is 0.354 e. The normalized spacial score (nSPS) is 11.9. The molecule has 2 rings (SSSR count). The van der Waals surface area contributed by atoms with Gasteiger partial charge in [0.1, 0.15) is 0 Å². The Labute approximate surface area is 127 Å². The number of Topliss-reactive ketones (excluding diaryl/α,β-unsaturated/α-hetero) is 1. The molecule has 1 unspecified atom stereocenters. The Morgan fingerprint density at radius 2 is 1.80 bits per heavy atom. The van der Waals surface area contributed by atoms with Gasteiger partial charge in [0.05, 0.1) is 0 Å². The van der Waals surface area contributed by atoms with Crippen molar-refractivity contribution in [2.45, 2.75) is 13.2 Å². The summed E-state index contributed by atoms with van der Waals surface area (Å²) in [6.45, 7) is 2.33. The standard InChI is InChI=1S/C16H16BrNO2/c1-2-20-16(15(19)12-6-4-3-5-7-12)18-14-10-8-13(17)9-11-14/h3-11,16,18H,2H2,1H3. The summed E-state index contributed by atoms with van der Waals surface area (Å²) in [6, 6.07) is 16.8. The monoisotopic (exact) mass is 333 g/mol. The van der Waals surface area contributed by atoms with Gasteiger partial charge in [-0.05, 0) is 31.2 Å². The summed E-state index contributed by atoms with van der Waals surface area (Å²) in [5.74, 6) is -0.0737. The molecule has 0 fully saturated rings. The van der Waals surface area contributed by atoms with Crippen LogP contribution in [0.3, 0.4) is 0 Å². The summed E-state index contributed by atoms with van der Waals surface area (Å²) < 4.78 is 6.51. The van der Waals surface area contributed by atoms with E-state index in [2.05, 4.69) is 21.2 Å². The van der Waals surface area contributed by atoms with Crippen LogP contribution >= 0.6 is 15.9 Å². The minimum absolute atomic E-state index is 0.0737. The van der Waals surface area contributed by atoms with Gasteiger partial charge in [-0.25, -0.2) is 0 Å². The molecule has 0 aliphatic carbocycles. The van der Waals surface area contributed by atoms with Gasteiger partial charge >= 0.3 is 0 Å². The molecule has 0 heterocycles. The lowest BCUT2D eigenvalue weighted by atomic mass is 10.1. The molecule has 0 radical (unpaired) electrons. The van der Waals surface area contributed by atoms with Gasteiger partial charge in [0, 0.05) is 22.3 Å². The third-order valence-electron chi connectivity index (χ3n) is 2.77. The first-order chi connectivity index (χ1) is 9.70. The van der Waals surface area contributed by atoms with E-state index in [9.17, 15) is 4.79 Å². The lowest BCUT2D eigenvalue weighted by Gasteiger charge is -2.18. The maximum absolute atomic E-state index is 12.4. The van der Waals surface area contributed by atoms with Crippen LogP contribution in [-0.2, 0) is 4.74 Å². The summed E-state index contributed by atoms with van der Waals surface area (Å²) in [5, 5.41) is 3.11. The SMILES string of the molecule is CCOC(Nc1ccc(Br)cc1)C(=O)c1ccccc1. The van der Waals surface area contributed by atoms with Crippen molar-refractivity contribution in [1.82, 2.24) is 0 Å². The number of carbonyl (C=O) groups is 1. The molecule has 0 amide bonds. The van der Waals surface area contributed by atoms with Crippen molar-refractivity contribution >= 4 is 27.4 Å². The minimum atomic E-state index is -0.677. The predicted octanol–water partition coefficient (Wildman–Crippen LogP) is 4.11. The summed E-state index contributed by atoms with van der Waals surface area (Å²) in [5.41, 5.74) is 1.48. The Morgan fingerprint density at radius 1 is 1.15 bits per heavy atom. The van der Waals surface area contributed by atoms with Crippen molar-refractivity contribution in [3.05, 3.63) is 64.6 Å². The van der Waals surface area contributed by atoms with Crippen molar-refractivity contribution in [2.24, 2.45) is 0 Å². The second-order valence-corrected chi connectivity index (χ2v) is 5.13. The zero-order valence-electron chi connectivity index (χ0n) is 11.2. The first-order valence-electron chi connectivity index (χ1n) is 6.43. The number of rotatable bonds is 6. The van der Waals surface area contributed by atoms with Gasteiger partial charge < -0.3 is 10.1 Å². The number of halogens is 1. The van der Waals surface area contributed by atoms with Gasteiger partial charge in [0.25, 0.3) is 0 Å². The zero-order valence-corrected chi connectivity index (χ0v) is 12.8. The first-order valence-corrected chi connectivity index (χ1v) is 7.23. The molecule has 0 aliphatic heterocycles. The Kier molecular flexibility index (Phi) is 5.32. The second-order valence-electron chi connectivity index (χ2n) is 4.22. The third-order valence-corrected chi connectivity index (χ3v) is 3.30. The molecule has 0 saturated carbocycles. The maximum atomic E-state index is 12.4. The Bertz CT molecular complexity index is 554. The molecule has 20 heavy (non-hydrogen) atoms. The molecule has 104 valence electrons. The number of hydrogen-bond donors (Lipinski definition) is 1. The molecule has 1 atom stereocenters. The topological polar surface area (TPSA) is 38.3 Å². The third kappa shape index (κ3) is 3.92.